The number of hydrogen-bond donors (Lipinski definition) is 1. The van der Waals surface area contributed by atoms with Gasteiger partial charge in [-0.05, 0) is 56.3 Å². The minimum absolute atomic E-state index is 0.285. The normalized spacial score (nSPS) is 15.6. The lowest BCUT2D eigenvalue weighted by atomic mass is 10.2. The number of nitrogens with zero attached hydrogens (tertiary/aromatic N) is 3. The van der Waals surface area contributed by atoms with Crippen molar-refractivity contribution in [3.8, 4) is 0 Å². The number of benzene rings is 1. The summed E-state index contributed by atoms with van der Waals surface area (Å²) in [7, 11) is -3.49. The van der Waals surface area contributed by atoms with Crippen LogP contribution in [0.4, 0.5) is 11.4 Å². The van der Waals surface area contributed by atoms with Crippen molar-refractivity contribution in [1.29, 1.82) is 0 Å². The maximum atomic E-state index is 12.7. The monoisotopic (exact) mass is 398 g/mol. The number of rotatable bonds is 4. The summed E-state index contributed by atoms with van der Waals surface area (Å²) in [6.45, 7) is 5.49. The SMILES string of the molecule is Cc1ccc2c(Nc3ccc(S(=O)(=O)N4CCOCC4)cc3)cc(C)nc2n1. The number of aryl methyl sites for hydroxylation is 2. The van der Waals surface area contributed by atoms with Gasteiger partial charge in [-0.3, -0.25) is 0 Å². The van der Waals surface area contributed by atoms with Crippen LogP contribution in [0.3, 0.4) is 0 Å². The molecule has 1 fully saturated rings. The van der Waals surface area contributed by atoms with Crippen LogP contribution in [-0.2, 0) is 14.8 Å². The second kappa shape index (κ2) is 7.46. The zero-order valence-corrected chi connectivity index (χ0v) is 16.7. The Morgan fingerprint density at radius 2 is 1.64 bits per heavy atom. The molecule has 146 valence electrons. The molecule has 0 atom stereocenters. The summed E-state index contributed by atoms with van der Waals surface area (Å²) in [5.41, 5.74) is 4.15. The molecule has 1 aromatic carbocycles. The smallest absolute Gasteiger partial charge is 0.243 e. The highest BCUT2D eigenvalue weighted by Crippen LogP contribution is 2.27. The molecule has 8 heteroatoms. The number of aromatic nitrogens is 2. The van der Waals surface area contributed by atoms with Gasteiger partial charge >= 0.3 is 0 Å². The van der Waals surface area contributed by atoms with Gasteiger partial charge in [0, 0.05) is 35.6 Å². The molecule has 1 aliphatic heterocycles. The number of ether oxygens (including phenoxy) is 1. The number of sulfonamides is 1. The van der Waals surface area contributed by atoms with Crippen molar-refractivity contribution in [2.24, 2.45) is 0 Å². The average Bonchev–Trinajstić information content (AvgIpc) is 2.68. The summed E-state index contributed by atoms with van der Waals surface area (Å²) < 4.78 is 32.2. The zero-order chi connectivity index (χ0) is 19.7. The molecule has 0 amide bonds. The summed E-state index contributed by atoms with van der Waals surface area (Å²) in [6.07, 6.45) is 0. The van der Waals surface area contributed by atoms with Crippen LogP contribution < -0.4 is 5.32 Å². The molecule has 3 heterocycles. The number of fused-ring (bicyclic) bond motifs is 1. The minimum atomic E-state index is -3.49. The van der Waals surface area contributed by atoms with Crippen LogP contribution in [0.15, 0.2) is 47.4 Å². The highest BCUT2D eigenvalue weighted by atomic mass is 32.2. The van der Waals surface area contributed by atoms with Gasteiger partial charge in [0.2, 0.25) is 10.0 Å². The van der Waals surface area contributed by atoms with Gasteiger partial charge in [0.25, 0.3) is 0 Å². The summed E-state index contributed by atoms with van der Waals surface area (Å²) in [5, 5.41) is 4.27. The summed E-state index contributed by atoms with van der Waals surface area (Å²) in [6, 6.07) is 12.7. The molecule has 1 aliphatic rings. The lowest BCUT2D eigenvalue weighted by Crippen LogP contribution is -2.40. The molecule has 0 spiro atoms. The molecule has 4 rings (SSSR count). The lowest BCUT2D eigenvalue weighted by Gasteiger charge is -2.26. The van der Waals surface area contributed by atoms with Gasteiger partial charge in [0.1, 0.15) is 0 Å². The van der Waals surface area contributed by atoms with E-state index in [0.29, 0.717) is 32.0 Å². The topological polar surface area (TPSA) is 84.4 Å². The molecule has 2 aromatic heterocycles. The van der Waals surface area contributed by atoms with E-state index in [2.05, 4.69) is 15.3 Å². The zero-order valence-electron chi connectivity index (χ0n) is 15.8. The number of pyridine rings is 2. The van der Waals surface area contributed by atoms with Gasteiger partial charge in [0.05, 0.1) is 23.8 Å². The second-order valence-electron chi connectivity index (χ2n) is 6.80. The van der Waals surface area contributed by atoms with E-state index in [1.54, 1.807) is 24.3 Å². The van der Waals surface area contributed by atoms with Gasteiger partial charge in [-0.2, -0.15) is 4.31 Å². The first-order valence-electron chi connectivity index (χ1n) is 9.13. The predicted octanol–water partition coefficient (Wildman–Crippen LogP) is 3.01. The maximum Gasteiger partial charge on any atom is 0.243 e. The minimum Gasteiger partial charge on any atom is -0.379 e. The molecule has 7 nitrogen and oxygen atoms in total. The van der Waals surface area contributed by atoms with Crippen LogP contribution in [0.5, 0.6) is 0 Å². The van der Waals surface area contributed by atoms with E-state index < -0.39 is 10.0 Å². The number of nitrogens with one attached hydrogen (secondary N) is 1. The average molecular weight is 398 g/mol. The van der Waals surface area contributed by atoms with Crippen molar-refractivity contribution in [2.75, 3.05) is 31.6 Å². The Kier molecular flexibility index (Phi) is 5.01. The van der Waals surface area contributed by atoms with Crippen molar-refractivity contribution < 1.29 is 13.2 Å². The second-order valence-corrected chi connectivity index (χ2v) is 8.74. The summed E-state index contributed by atoms with van der Waals surface area (Å²) >= 11 is 0. The Bertz CT molecular complexity index is 1100. The van der Waals surface area contributed by atoms with Crippen molar-refractivity contribution in [2.45, 2.75) is 18.7 Å². The van der Waals surface area contributed by atoms with Crippen LogP contribution in [0.25, 0.3) is 11.0 Å². The van der Waals surface area contributed by atoms with E-state index in [4.69, 9.17) is 4.74 Å². The van der Waals surface area contributed by atoms with E-state index in [1.165, 1.54) is 4.31 Å². The van der Waals surface area contributed by atoms with Crippen LogP contribution >= 0.6 is 0 Å². The fraction of sp³-hybridized carbons (Fsp3) is 0.300. The van der Waals surface area contributed by atoms with Crippen LogP contribution in [0.1, 0.15) is 11.4 Å². The van der Waals surface area contributed by atoms with Gasteiger partial charge in [-0.25, -0.2) is 18.4 Å². The van der Waals surface area contributed by atoms with E-state index in [9.17, 15) is 8.42 Å². The van der Waals surface area contributed by atoms with Gasteiger partial charge in [-0.1, -0.05) is 0 Å². The third kappa shape index (κ3) is 3.71. The fourth-order valence-corrected chi connectivity index (χ4v) is 4.64. The van der Waals surface area contributed by atoms with Crippen molar-refractivity contribution in [3.05, 3.63) is 53.9 Å². The Labute approximate surface area is 164 Å². The number of hydrogen-bond acceptors (Lipinski definition) is 6. The highest BCUT2D eigenvalue weighted by Gasteiger charge is 2.26. The molecule has 28 heavy (non-hydrogen) atoms. The largest absolute Gasteiger partial charge is 0.379 e. The number of morpholine rings is 1. The van der Waals surface area contributed by atoms with Crippen LogP contribution in [-0.4, -0.2) is 49.0 Å². The molecule has 0 radical (unpaired) electrons. The fourth-order valence-electron chi connectivity index (χ4n) is 3.23. The first-order valence-corrected chi connectivity index (χ1v) is 10.6. The van der Waals surface area contributed by atoms with Gasteiger partial charge < -0.3 is 10.1 Å². The Balaban J connectivity index is 1.61. The molecule has 0 unspecified atom stereocenters. The van der Waals surface area contributed by atoms with Crippen molar-refractivity contribution >= 4 is 32.4 Å². The molecule has 0 saturated carbocycles. The first-order chi connectivity index (χ1) is 13.4. The van der Waals surface area contributed by atoms with Gasteiger partial charge in [-0.15, -0.1) is 0 Å². The predicted molar refractivity (Wildman–Crippen MR) is 108 cm³/mol. The highest BCUT2D eigenvalue weighted by molar-refractivity contribution is 7.89. The van der Waals surface area contributed by atoms with Crippen molar-refractivity contribution in [1.82, 2.24) is 14.3 Å². The molecule has 0 aliphatic carbocycles. The quantitative estimate of drug-likeness (QED) is 0.727. The lowest BCUT2D eigenvalue weighted by molar-refractivity contribution is 0.0730. The van der Waals surface area contributed by atoms with E-state index in [1.807, 2.05) is 32.0 Å². The molecule has 1 saturated heterocycles. The molecular formula is C20H22N4O3S. The van der Waals surface area contributed by atoms with Crippen molar-refractivity contribution in [3.63, 3.8) is 0 Å². The third-order valence-electron chi connectivity index (χ3n) is 4.68. The maximum absolute atomic E-state index is 12.7. The van der Waals surface area contributed by atoms with E-state index in [0.717, 1.165) is 28.1 Å². The number of anilines is 2. The first kappa shape index (κ1) is 18.8. The standard InChI is InChI=1S/C20H22N4O3S/c1-14-3-8-18-19(13-15(2)22-20(18)21-14)23-16-4-6-17(7-5-16)28(25,26)24-9-11-27-12-10-24/h3-8,13H,9-12H2,1-2H3,(H,21,22,23). The van der Waals surface area contributed by atoms with Gasteiger partial charge in [0.15, 0.2) is 5.65 Å². The Hall–Kier alpha value is -2.55. The van der Waals surface area contributed by atoms with E-state index >= 15 is 0 Å². The third-order valence-corrected chi connectivity index (χ3v) is 6.59. The Morgan fingerprint density at radius 3 is 2.36 bits per heavy atom. The van der Waals surface area contributed by atoms with E-state index in [-0.39, 0.29) is 4.90 Å². The Morgan fingerprint density at radius 1 is 0.964 bits per heavy atom. The molecule has 0 bridgehead atoms. The van der Waals surface area contributed by atoms with Crippen LogP contribution in [0.2, 0.25) is 0 Å². The summed E-state index contributed by atoms with van der Waals surface area (Å²) in [4.78, 5) is 9.27. The summed E-state index contributed by atoms with van der Waals surface area (Å²) in [5.74, 6) is 0. The van der Waals surface area contributed by atoms with Crippen LogP contribution in [0, 0.1) is 13.8 Å². The molecular weight excluding hydrogens is 376 g/mol. The molecule has 1 N–H and O–H groups in total. The molecule has 3 aromatic rings.